The van der Waals surface area contributed by atoms with Gasteiger partial charge in [0.25, 0.3) is 0 Å². The zero-order chi connectivity index (χ0) is 12.2. The molecule has 1 N–H and O–H groups in total. The van der Waals surface area contributed by atoms with Gasteiger partial charge in [-0.15, -0.1) is 0 Å². The Morgan fingerprint density at radius 3 is 2.25 bits per heavy atom. The second-order valence-electron chi connectivity index (χ2n) is 6.85. The van der Waals surface area contributed by atoms with Gasteiger partial charge in [-0.2, -0.15) is 0 Å². The van der Waals surface area contributed by atoms with Gasteiger partial charge in [0.2, 0.25) is 0 Å². The summed E-state index contributed by atoms with van der Waals surface area (Å²) in [6.07, 6.45) is 6.81. The molecule has 0 amide bonds. The molecule has 0 aliphatic heterocycles. The number of hydrogen-bond donors (Lipinski definition) is 1. The Morgan fingerprint density at radius 2 is 1.75 bits per heavy atom. The van der Waals surface area contributed by atoms with Crippen LogP contribution in [-0.4, -0.2) is 6.54 Å². The lowest BCUT2D eigenvalue weighted by molar-refractivity contribution is 0.283. The highest BCUT2D eigenvalue weighted by molar-refractivity contribution is 4.95. The fourth-order valence-corrected chi connectivity index (χ4v) is 2.34. The molecule has 0 saturated heterocycles. The van der Waals surface area contributed by atoms with E-state index in [2.05, 4.69) is 39.6 Å². The number of allylic oxidation sites excluding steroid dienone is 1. The van der Waals surface area contributed by atoms with E-state index in [0.717, 1.165) is 18.4 Å². The van der Waals surface area contributed by atoms with Crippen LogP contribution in [0.4, 0.5) is 0 Å². The summed E-state index contributed by atoms with van der Waals surface area (Å²) in [7, 11) is 0. The molecule has 16 heavy (non-hydrogen) atoms. The summed E-state index contributed by atoms with van der Waals surface area (Å²) < 4.78 is 0. The van der Waals surface area contributed by atoms with Crippen molar-refractivity contribution in [2.75, 3.05) is 6.54 Å². The van der Waals surface area contributed by atoms with Gasteiger partial charge in [0.05, 0.1) is 0 Å². The Kier molecular flexibility index (Phi) is 4.89. The Morgan fingerprint density at radius 1 is 1.19 bits per heavy atom. The first-order valence-electron chi connectivity index (χ1n) is 6.78. The van der Waals surface area contributed by atoms with Crippen molar-refractivity contribution in [3.05, 3.63) is 12.3 Å². The van der Waals surface area contributed by atoms with E-state index in [4.69, 9.17) is 0 Å². The van der Waals surface area contributed by atoms with Crippen LogP contribution >= 0.6 is 0 Å². The zero-order valence-electron chi connectivity index (χ0n) is 11.6. The smallest absolute Gasteiger partial charge is 0.0192 e. The Balaban J connectivity index is 2.19. The van der Waals surface area contributed by atoms with Crippen molar-refractivity contribution in [3.63, 3.8) is 0 Å². The van der Waals surface area contributed by atoms with E-state index in [1.54, 1.807) is 0 Å². The first kappa shape index (κ1) is 13.6. The van der Waals surface area contributed by atoms with Crippen LogP contribution < -0.4 is 5.32 Å². The van der Waals surface area contributed by atoms with Gasteiger partial charge in [-0.05, 0) is 36.5 Å². The molecule has 0 bridgehead atoms. The van der Waals surface area contributed by atoms with Crippen LogP contribution in [-0.2, 0) is 0 Å². The first-order valence-corrected chi connectivity index (χ1v) is 6.78. The van der Waals surface area contributed by atoms with E-state index >= 15 is 0 Å². The van der Waals surface area contributed by atoms with Crippen molar-refractivity contribution < 1.29 is 0 Å². The van der Waals surface area contributed by atoms with E-state index in [1.807, 2.05) is 0 Å². The van der Waals surface area contributed by atoms with E-state index in [1.165, 1.54) is 37.8 Å². The normalized spacial score (nSPS) is 26.5. The molecule has 1 heteroatoms. The van der Waals surface area contributed by atoms with Crippen molar-refractivity contribution in [1.29, 1.82) is 0 Å². The van der Waals surface area contributed by atoms with Gasteiger partial charge >= 0.3 is 0 Å². The fraction of sp³-hybridized carbons (Fsp3) is 0.867. The lowest BCUT2D eigenvalue weighted by Gasteiger charge is -2.28. The number of rotatable bonds is 4. The first-order chi connectivity index (χ1) is 7.37. The van der Waals surface area contributed by atoms with Crippen molar-refractivity contribution in [2.45, 2.75) is 59.8 Å². The van der Waals surface area contributed by atoms with Crippen molar-refractivity contribution >= 4 is 0 Å². The van der Waals surface area contributed by atoms with Gasteiger partial charge in [-0.3, -0.25) is 0 Å². The van der Waals surface area contributed by atoms with Crippen LogP contribution in [0.15, 0.2) is 12.3 Å². The van der Waals surface area contributed by atoms with Crippen LogP contribution in [0.5, 0.6) is 0 Å². The standard InChI is InChI=1S/C15H29N/c1-12-6-8-14(9-7-12)10-13(2)16-11-15(3,4)5/h12,14,16H,2,6-11H2,1,3-5H3. The highest BCUT2D eigenvalue weighted by Gasteiger charge is 2.19. The highest BCUT2D eigenvalue weighted by Crippen LogP contribution is 2.31. The van der Waals surface area contributed by atoms with E-state index in [0.29, 0.717) is 5.41 Å². The summed E-state index contributed by atoms with van der Waals surface area (Å²) in [6.45, 7) is 14.4. The molecule has 1 rings (SSSR count). The molecule has 0 aromatic carbocycles. The third kappa shape index (κ3) is 5.58. The van der Waals surface area contributed by atoms with Crippen LogP contribution in [0.3, 0.4) is 0 Å². The molecular weight excluding hydrogens is 194 g/mol. The van der Waals surface area contributed by atoms with Gasteiger partial charge in [0, 0.05) is 12.2 Å². The molecule has 1 aliphatic rings. The minimum atomic E-state index is 0.351. The number of hydrogen-bond acceptors (Lipinski definition) is 1. The second kappa shape index (κ2) is 5.75. The molecule has 0 aromatic rings. The van der Waals surface area contributed by atoms with E-state index in [-0.39, 0.29) is 0 Å². The van der Waals surface area contributed by atoms with E-state index in [9.17, 15) is 0 Å². The summed E-state index contributed by atoms with van der Waals surface area (Å²) in [6, 6.07) is 0. The molecule has 94 valence electrons. The fourth-order valence-electron chi connectivity index (χ4n) is 2.34. The van der Waals surface area contributed by atoms with Crippen molar-refractivity contribution in [1.82, 2.24) is 5.32 Å². The highest BCUT2D eigenvalue weighted by atomic mass is 14.9. The maximum absolute atomic E-state index is 4.16. The van der Waals surface area contributed by atoms with Gasteiger partial charge in [-0.1, -0.05) is 47.1 Å². The van der Waals surface area contributed by atoms with Crippen LogP contribution in [0.25, 0.3) is 0 Å². The molecule has 0 atom stereocenters. The summed E-state index contributed by atoms with van der Waals surface area (Å²) in [5, 5.41) is 3.49. The molecule has 0 heterocycles. The summed E-state index contributed by atoms with van der Waals surface area (Å²) in [5.41, 5.74) is 1.60. The average molecular weight is 223 g/mol. The average Bonchev–Trinajstić information content (AvgIpc) is 2.18. The third-order valence-corrected chi connectivity index (χ3v) is 3.54. The Hall–Kier alpha value is -0.460. The largest absolute Gasteiger partial charge is 0.388 e. The maximum Gasteiger partial charge on any atom is 0.0192 e. The van der Waals surface area contributed by atoms with Gasteiger partial charge in [0.1, 0.15) is 0 Å². The molecule has 0 aromatic heterocycles. The lowest BCUT2D eigenvalue weighted by atomic mass is 9.81. The second-order valence-corrected chi connectivity index (χ2v) is 6.85. The van der Waals surface area contributed by atoms with Crippen LogP contribution in [0.1, 0.15) is 59.8 Å². The van der Waals surface area contributed by atoms with Gasteiger partial charge < -0.3 is 5.32 Å². The topological polar surface area (TPSA) is 12.0 Å². The van der Waals surface area contributed by atoms with Gasteiger partial charge in [0.15, 0.2) is 0 Å². The van der Waals surface area contributed by atoms with Crippen LogP contribution in [0, 0.1) is 17.3 Å². The molecule has 1 aliphatic carbocycles. The van der Waals surface area contributed by atoms with Crippen molar-refractivity contribution in [3.8, 4) is 0 Å². The van der Waals surface area contributed by atoms with Crippen LogP contribution in [0.2, 0.25) is 0 Å². The molecule has 0 spiro atoms. The molecule has 1 saturated carbocycles. The predicted molar refractivity (Wildman–Crippen MR) is 72.3 cm³/mol. The molecule has 0 unspecified atom stereocenters. The Bertz CT molecular complexity index is 216. The zero-order valence-corrected chi connectivity index (χ0v) is 11.6. The molecule has 0 radical (unpaired) electrons. The maximum atomic E-state index is 4.16. The predicted octanol–water partition coefficient (Wildman–Crippen LogP) is 4.35. The summed E-state index contributed by atoms with van der Waals surface area (Å²) >= 11 is 0. The molecule has 1 fully saturated rings. The quantitative estimate of drug-likeness (QED) is 0.747. The molecular formula is C15H29N. The van der Waals surface area contributed by atoms with E-state index < -0.39 is 0 Å². The summed E-state index contributed by atoms with van der Waals surface area (Å²) in [5.74, 6) is 1.84. The lowest BCUT2D eigenvalue weighted by Crippen LogP contribution is -2.27. The summed E-state index contributed by atoms with van der Waals surface area (Å²) in [4.78, 5) is 0. The number of nitrogens with one attached hydrogen (secondary N) is 1. The van der Waals surface area contributed by atoms with Crippen molar-refractivity contribution in [2.24, 2.45) is 17.3 Å². The minimum absolute atomic E-state index is 0.351. The third-order valence-electron chi connectivity index (χ3n) is 3.54. The monoisotopic (exact) mass is 223 g/mol. The Labute approximate surface area is 102 Å². The minimum Gasteiger partial charge on any atom is -0.388 e. The van der Waals surface area contributed by atoms with Gasteiger partial charge in [-0.25, -0.2) is 0 Å². The molecule has 1 nitrogen and oxygen atoms in total. The SMILES string of the molecule is C=C(CC1CCC(C)CC1)NCC(C)(C)C.